The Bertz CT molecular complexity index is 1130. The fraction of sp³-hybridized carbons (Fsp3) is 0.308. The number of nitrogens with zero attached hydrogens (tertiary/aromatic N) is 3. The molecule has 7 heteroatoms. The standard InChI is InChI=1S/C26H29N5O2/c27-25(33)20-11-5-10-19(15-20)22-16-29-26(28)30-24(22)21-12-6-14-31(17-21)23(32)13-4-9-18-7-2-1-3-8-18/h1-3,5,7-8,10-11,15-16,21H,4,6,9,12-14,17H2,(H2,27,33)(H2,28,29,30)/t21-/m0/s1. The molecule has 170 valence electrons. The monoisotopic (exact) mass is 443 g/mol. The fourth-order valence-corrected chi connectivity index (χ4v) is 4.46. The normalized spacial score (nSPS) is 15.9. The van der Waals surface area contributed by atoms with Crippen LogP contribution in [0.1, 0.15) is 53.2 Å². The summed E-state index contributed by atoms with van der Waals surface area (Å²) < 4.78 is 0. The first kappa shape index (κ1) is 22.5. The number of amides is 2. The van der Waals surface area contributed by atoms with Crippen LogP contribution in [0, 0.1) is 0 Å². The Hall–Kier alpha value is -3.74. The van der Waals surface area contributed by atoms with Gasteiger partial charge in [0.25, 0.3) is 0 Å². The molecule has 1 saturated heterocycles. The molecule has 3 aromatic rings. The molecule has 0 radical (unpaired) electrons. The lowest BCUT2D eigenvalue weighted by atomic mass is 9.89. The average molecular weight is 444 g/mol. The number of hydrogen-bond donors (Lipinski definition) is 2. The maximum Gasteiger partial charge on any atom is 0.248 e. The van der Waals surface area contributed by atoms with Gasteiger partial charge in [0.15, 0.2) is 0 Å². The van der Waals surface area contributed by atoms with Gasteiger partial charge in [0.1, 0.15) is 0 Å². The van der Waals surface area contributed by atoms with Gasteiger partial charge in [-0.3, -0.25) is 9.59 Å². The molecule has 0 aliphatic carbocycles. The third-order valence-electron chi connectivity index (χ3n) is 6.15. The number of piperidine rings is 1. The molecular weight excluding hydrogens is 414 g/mol. The Kier molecular flexibility index (Phi) is 6.98. The molecule has 1 atom stereocenters. The number of nitrogen functional groups attached to an aromatic ring is 1. The minimum absolute atomic E-state index is 0.0503. The van der Waals surface area contributed by atoms with E-state index in [9.17, 15) is 9.59 Å². The number of carbonyl (C=O) groups is 2. The SMILES string of the molecule is NC(=O)c1cccc(-c2cnc(N)nc2[C@H]2CCCN(C(=O)CCCc3ccccc3)C2)c1. The number of primary amides is 1. The summed E-state index contributed by atoms with van der Waals surface area (Å²) in [4.78, 5) is 35.3. The van der Waals surface area contributed by atoms with E-state index >= 15 is 0 Å². The van der Waals surface area contributed by atoms with E-state index < -0.39 is 5.91 Å². The van der Waals surface area contributed by atoms with Crippen LogP contribution in [0.4, 0.5) is 5.95 Å². The number of rotatable bonds is 7. The van der Waals surface area contributed by atoms with E-state index in [1.807, 2.05) is 29.2 Å². The smallest absolute Gasteiger partial charge is 0.248 e. The van der Waals surface area contributed by atoms with Crippen molar-refractivity contribution in [2.45, 2.75) is 38.0 Å². The Labute approximate surface area is 193 Å². The van der Waals surface area contributed by atoms with Gasteiger partial charge in [0, 0.05) is 42.8 Å². The highest BCUT2D eigenvalue weighted by Gasteiger charge is 2.28. The zero-order valence-corrected chi connectivity index (χ0v) is 18.6. The van der Waals surface area contributed by atoms with Gasteiger partial charge in [-0.15, -0.1) is 0 Å². The van der Waals surface area contributed by atoms with E-state index in [0.29, 0.717) is 18.5 Å². The van der Waals surface area contributed by atoms with Gasteiger partial charge in [-0.25, -0.2) is 9.97 Å². The van der Waals surface area contributed by atoms with Crippen molar-refractivity contribution in [3.05, 3.63) is 77.6 Å². The molecule has 1 aliphatic rings. The third-order valence-corrected chi connectivity index (χ3v) is 6.15. The molecule has 0 saturated carbocycles. The quantitative estimate of drug-likeness (QED) is 0.579. The first-order valence-electron chi connectivity index (χ1n) is 11.4. The van der Waals surface area contributed by atoms with Crippen LogP contribution in [-0.4, -0.2) is 39.8 Å². The molecule has 33 heavy (non-hydrogen) atoms. The van der Waals surface area contributed by atoms with Crippen LogP contribution in [0.3, 0.4) is 0 Å². The maximum absolute atomic E-state index is 12.9. The van der Waals surface area contributed by atoms with Gasteiger partial charge in [-0.05, 0) is 48.9 Å². The molecule has 7 nitrogen and oxygen atoms in total. The predicted molar refractivity (Wildman–Crippen MR) is 128 cm³/mol. The topological polar surface area (TPSA) is 115 Å². The molecule has 1 aromatic heterocycles. The number of nitrogens with two attached hydrogens (primary N) is 2. The Balaban J connectivity index is 1.48. The number of aromatic nitrogens is 2. The molecule has 2 aromatic carbocycles. The van der Waals surface area contributed by atoms with Gasteiger partial charge < -0.3 is 16.4 Å². The highest BCUT2D eigenvalue weighted by atomic mass is 16.2. The number of likely N-dealkylation sites (tertiary alicyclic amines) is 1. The van der Waals surface area contributed by atoms with Gasteiger partial charge >= 0.3 is 0 Å². The van der Waals surface area contributed by atoms with E-state index in [4.69, 9.17) is 11.5 Å². The molecular formula is C26H29N5O2. The third kappa shape index (κ3) is 5.55. The molecule has 1 fully saturated rings. The zero-order chi connectivity index (χ0) is 23.2. The van der Waals surface area contributed by atoms with Crippen molar-refractivity contribution < 1.29 is 9.59 Å². The number of anilines is 1. The summed E-state index contributed by atoms with van der Waals surface area (Å²) >= 11 is 0. The summed E-state index contributed by atoms with van der Waals surface area (Å²) in [6.07, 6.45) is 5.76. The van der Waals surface area contributed by atoms with E-state index in [2.05, 4.69) is 22.1 Å². The van der Waals surface area contributed by atoms with Crippen molar-refractivity contribution in [3.63, 3.8) is 0 Å². The predicted octanol–water partition coefficient (Wildman–Crippen LogP) is 3.55. The molecule has 4 rings (SSSR count). The van der Waals surface area contributed by atoms with Crippen LogP contribution in [0.5, 0.6) is 0 Å². The van der Waals surface area contributed by atoms with Crippen LogP contribution in [0.2, 0.25) is 0 Å². The van der Waals surface area contributed by atoms with Crippen molar-refractivity contribution in [2.24, 2.45) is 5.73 Å². The van der Waals surface area contributed by atoms with E-state index in [1.54, 1.807) is 24.4 Å². The van der Waals surface area contributed by atoms with Gasteiger partial charge in [-0.2, -0.15) is 0 Å². The van der Waals surface area contributed by atoms with Gasteiger partial charge in [-0.1, -0.05) is 42.5 Å². The lowest BCUT2D eigenvalue weighted by molar-refractivity contribution is -0.132. The largest absolute Gasteiger partial charge is 0.368 e. The number of hydrogen-bond acceptors (Lipinski definition) is 5. The molecule has 1 aliphatic heterocycles. The van der Waals surface area contributed by atoms with Crippen LogP contribution < -0.4 is 11.5 Å². The zero-order valence-electron chi connectivity index (χ0n) is 18.6. The van der Waals surface area contributed by atoms with Crippen molar-refractivity contribution in [1.29, 1.82) is 0 Å². The average Bonchev–Trinajstić information content (AvgIpc) is 2.84. The maximum atomic E-state index is 12.9. The van der Waals surface area contributed by atoms with Gasteiger partial charge in [0.05, 0.1) is 5.69 Å². The minimum Gasteiger partial charge on any atom is -0.368 e. The van der Waals surface area contributed by atoms with Crippen LogP contribution in [-0.2, 0) is 11.2 Å². The number of carbonyl (C=O) groups excluding carboxylic acids is 2. The molecule has 4 N–H and O–H groups in total. The second kappa shape index (κ2) is 10.3. The molecule has 0 unspecified atom stereocenters. The van der Waals surface area contributed by atoms with Crippen molar-refractivity contribution >= 4 is 17.8 Å². The molecule has 2 amide bonds. The fourth-order valence-electron chi connectivity index (χ4n) is 4.46. The van der Waals surface area contributed by atoms with E-state index in [1.165, 1.54) is 5.56 Å². The highest BCUT2D eigenvalue weighted by Crippen LogP contribution is 2.34. The molecule has 0 bridgehead atoms. The number of aryl methyl sites for hydroxylation is 1. The Morgan fingerprint density at radius 3 is 2.70 bits per heavy atom. The van der Waals surface area contributed by atoms with Crippen molar-refractivity contribution in [1.82, 2.24) is 14.9 Å². The van der Waals surface area contributed by atoms with Crippen LogP contribution in [0.25, 0.3) is 11.1 Å². The second-order valence-electron chi connectivity index (χ2n) is 8.49. The number of benzene rings is 2. The molecule has 2 heterocycles. The molecule has 0 spiro atoms. The summed E-state index contributed by atoms with van der Waals surface area (Å²) in [5.41, 5.74) is 15.5. The summed E-state index contributed by atoms with van der Waals surface area (Å²) in [6, 6.07) is 17.4. The summed E-state index contributed by atoms with van der Waals surface area (Å²) in [6.45, 7) is 1.36. The second-order valence-corrected chi connectivity index (χ2v) is 8.49. The minimum atomic E-state index is -0.486. The van der Waals surface area contributed by atoms with Crippen molar-refractivity contribution in [3.8, 4) is 11.1 Å². The van der Waals surface area contributed by atoms with Gasteiger partial charge in [0.2, 0.25) is 17.8 Å². The van der Waals surface area contributed by atoms with E-state index in [0.717, 1.165) is 49.0 Å². The first-order valence-corrected chi connectivity index (χ1v) is 11.4. The first-order chi connectivity index (χ1) is 16.0. The van der Waals surface area contributed by atoms with E-state index in [-0.39, 0.29) is 17.8 Å². The Morgan fingerprint density at radius 1 is 1.09 bits per heavy atom. The lowest BCUT2D eigenvalue weighted by Crippen LogP contribution is -2.39. The lowest BCUT2D eigenvalue weighted by Gasteiger charge is -2.33. The van der Waals surface area contributed by atoms with Crippen LogP contribution in [0.15, 0.2) is 60.8 Å². The van der Waals surface area contributed by atoms with Crippen molar-refractivity contribution in [2.75, 3.05) is 18.8 Å². The Morgan fingerprint density at radius 2 is 1.91 bits per heavy atom. The summed E-state index contributed by atoms with van der Waals surface area (Å²) in [5, 5.41) is 0. The van der Waals surface area contributed by atoms with Crippen LogP contribution >= 0.6 is 0 Å². The summed E-state index contributed by atoms with van der Waals surface area (Å²) in [7, 11) is 0. The highest BCUT2D eigenvalue weighted by molar-refractivity contribution is 5.94. The summed E-state index contributed by atoms with van der Waals surface area (Å²) in [5.74, 6) is -0.0601.